The number of nitrogens with one attached hydrogen (secondary N) is 1. The van der Waals surface area contributed by atoms with Crippen molar-refractivity contribution in [1.82, 2.24) is 14.5 Å². The van der Waals surface area contributed by atoms with Crippen molar-refractivity contribution in [3.8, 4) is 0 Å². The molecule has 0 fully saturated rings. The highest BCUT2D eigenvalue weighted by atomic mass is 16.4. The van der Waals surface area contributed by atoms with Crippen LogP contribution in [-0.2, 0) is 23.2 Å². The van der Waals surface area contributed by atoms with Crippen LogP contribution in [0.3, 0.4) is 0 Å². The minimum Gasteiger partial charge on any atom is -0.481 e. The maximum Gasteiger partial charge on any atom is 0.329 e. The molecule has 0 aliphatic heterocycles. The summed E-state index contributed by atoms with van der Waals surface area (Å²) in [6.45, 7) is 1.84. The summed E-state index contributed by atoms with van der Waals surface area (Å²) < 4.78 is 2.88. The van der Waals surface area contributed by atoms with Gasteiger partial charge in [-0.15, -0.1) is 0 Å². The quantitative estimate of drug-likeness (QED) is 0.795. The molecular formula is C16H21N3O4. The molecule has 1 aromatic heterocycles. The van der Waals surface area contributed by atoms with E-state index in [1.807, 2.05) is 19.1 Å². The van der Waals surface area contributed by atoms with E-state index in [4.69, 9.17) is 5.11 Å². The largest absolute Gasteiger partial charge is 0.481 e. The Bertz CT molecular complexity index is 775. The third kappa shape index (κ3) is 3.61. The van der Waals surface area contributed by atoms with Gasteiger partial charge in [-0.2, -0.15) is 0 Å². The predicted molar refractivity (Wildman–Crippen MR) is 86.2 cm³/mol. The van der Waals surface area contributed by atoms with Gasteiger partial charge in [-0.05, 0) is 18.6 Å². The van der Waals surface area contributed by atoms with Gasteiger partial charge in [-0.1, -0.05) is 25.5 Å². The second-order valence-corrected chi connectivity index (χ2v) is 5.54. The highest BCUT2D eigenvalue weighted by Gasteiger charge is 2.18. The Morgan fingerprint density at radius 1 is 1.26 bits per heavy atom. The van der Waals surface area contributed by atoms with Crippen LogP contribution in [0.4, 0.5) is 0 Å². The van der Waals surface area contributed by atoms with E-state index < -0.39 is 11.9 Å². The highest BCUT2D eigenvalue weighted by Crippen LogP contribution is 2.11. The molecule has 7 nitrogen and oxygen atoms in total. The van der Waals surface area contributed by atoms with Gasteiger partial charge in [-0.3, -0.25) is 18.7 Å². The van der Waals surface area contributed by atoms with Gasteiger partial charge < -0.3 is 10.4 Å². The zero-order valence-corrected chi connectivity index (χ0v) is 13.3. The summed E-state index contributed by atoms with van der Waals surface area (Å²) in [5.74, 6) is -1.89. The van der Waals surface area contributed by atoms with Gasteiger partial charge in [0.15, 0.2) is 0 Å². The molecule has 1 atom stereocenters. The summed E-state index contributed by atoms with van der Waals surface area (Å²) in [5.41, 5.74) is 1.16. The average molecular weight is 319 g/mol. The first-order valence-corrected chi connectivity index (χ1v) is 7.59. The highest BCUT2D eigenvalue weighted by molar-refractivity contribution is 5.81. The number of carbonyl (C=O) groups is 2. The van der Waals surface area contributed by atoms with E-state index in [2.05, 4.69) is 5.32 Å². The number of aromatic nitrogens is 2. The maximum absolute atomic E-state index is 12.2. The summed E-state index contributed by atoms with van der Waals surface area (Å²) in [5, 5.41) is 11.7. The summed E-state index contributed by atoms with van der Waals surface area (Å²) in [6, 6.07) is 7.22. The number of hydrogen-bond acceptors (Lipinski definition) is 3. The number of aliphatic carboxylic acids is 1. The Kier molecular flexibility index (Phi) is 5.20. The van der Waals surface area contributed by atoms with Crippen LogP contribution in [-0.4, -0.2) is 32.7 Å². The lowest BCUT2D eigenvalue weighted by Crippen LogP contribution is -2.37. The van der Waals surface area contributed by atoms with Gasteiger partial charge >= 0.3 is 11.7 Å². The molecule has 1 aromatic carbocycles. The molecule has 0 aliphatic rings. The van der Waals surface area contributed by atoms with Gasteiger partial charge in [0.25, 0.3) is 0 Å². The van der Waals surface area contributed by atoms with Gasteiger partial charge in [0, 0.05) is 13.6 Å². The molecule has 1 amide bonds. The fourth-order valence-corrected chi connectivity index (χ4v) is 2.61. The minimum atomic E-state index is -0.922. The molecule has 0 radical (unpaired) electrons. The Labute approximate surface area is 133 Å². The maximum atomic E-state index is 12.2. The van der Waals surface area contributed by atoms with Crippen LogP contribution in [0, 0.1) is 5.92 Å². The molecule has 2 aromatic rings. The SMILES string of the molecule is CCCC(CNC(=O)Cn1c(=O)n(C)c2ccccc21)C(=O)O. The predicted octanol–water partition coefficient (Wildman–Crippen LogP) is 0.957. The number of carbonyl (C=O) groups excluding carboxylic acids is 1. The van der Waals surface area contributed by atoms with E-state index in [1.54, 1.807) is 19.2 Å². The van der Waals surface area contributed by atoms with Crippen molar-refractivity contribution in [2.75, 3.05) is 6.54 Å². The zero-order chi connectivity index (χ0) is 17.0. The van der Waals surface area contributed by atoms with Crippen molar-refractivity contribution in [3.63, 3.8) is 0 Å². The van der Waals surface area contributed by atoms with Crippen molar-refractivity contribution in [2.24, 2.45) is 13.0 Å². The van der Waals surface area contributed by atoms with Crippen LogP contribution in [0.2, 0.25) is 0 Å². The number of para-hydroxylation sites is 2. The van der Waals surface area contributed by atoms with E-state index in [0.29, 0.717) is 11.9 Å². The van der Waals surface area contributed by atoms with Crippen molar-refractivity contribution < 1.29 is 14.7 Å². The molecule has 0 saturated carbocycles. The van der Waals surface area contributed by atoms with Gasteiger partial charge in [-0.25, -0.2) is 4.79 Å². The van der Waals surface area contributed by atoms with Gasteiger partial charge in [0.2, 0.25) is 5.91 Å². The van der Waals surface area contributed by atoms with Crippen molar-refractivity contribution in [3.05, 3.63) is 34.7 Å². The number of carboxylic acids is 1. The lowest BCUT2D eigenvalue weighted by Gasteiger charge is -2.12. The van der Waals surface area contributed by atoms with Crippen molar-refractivity contribution >= 4 is 22.9 Å². The van der Waals surface area contributed by atoms with Crippen LogP contribution in [0.25, 0.3) is 11.0 Å². The number of rotatable bonds is 7. The molecule has 23 heavy (non-hydrogen) atoms. The standard InChI is InChI=1S/C16H21N3O4/c1-3-6-11(15(21)22)9-17-14(20)10-19-13-8-5-4-7-12(13)18(2)16(19)23/h4-5,7-8,11H,3,6,9-10H2,1-2H3,(H,17,20)(H,21,22). The third-order valence-corrected chi connectivity index (χ3v) is 3.89. The Morgan fingerprint density at radius 3 is 2.52 bits per heavy atom. The number of hydrogen-bond donors (Lipinski definition) is 2. The number of aryl methyl sites for hydroxylation is 1. The normalized spacial score (nSPS) is 12.3. The minimum absolute atomic E-state index is 0.0710. The first-order valence-electron chi connectivity index (χ1n) is 7.59. The smallest absolute Gasteiger partial charge is 0.329 e. The Balaban J connectivity index is 2.11. The van der Waals surface area contributed by atoms with Gasteiger partial charge in [0.1, 0.15) is 6.54 Å². The van der Waals surface area contributed by atoms with Crippen LogP contribution in [0.5, 0.6) is 0 Å². The summed E-state index contributed by atoms with van der Waals surface area (Å²) in [7, 11) is 1.65. The molecule has 1 heterocycles. The monoisotopic (exact) mass is 319 g/mol. The summed E-state index contributed by atoms with van der Waals surface area (Å²) >= 11 is 0. The molecule has 2 N–H and O–H groups in total. The molecule has 7 heteroatoms. The van der Waals surface area contributed by atoms with E-state index in [0.717, 1.165) is 11.9 Å². The molecule has 0 saturated heterocycles. The topological polar surface area (TPSA) is 93.3 Å². The van der Waals surface area contributed by atoms with Gasteiger partial charge in [0.05, 0.1) is 17.0 Å². The number of nitrogens with zero attached hydrogens (tertiary/aromatic N) is 2. The van der Waals surface area contributed by atoms with Crippen LogP contribution in [0.15, 0.2) is 29.1 Å². The lowest BCUT2D eigenvalue weighted by atomic mass is 10.0. The van der Waals surface area contributed by atoms with E-state index >= 15 is 0 Å². The molecule has 2 rings (SSSR count). The molecule has 1 unspecified atom stereocenters. The Hall–Kier alpha value is -2.57. The Morgan fingerprint density at radius 2 is 1.91 bits per heavy atom. The molecular weight excluding hydrogens is 298 g/mol. The van der Waals surface area contributed by atoms with Crippen molar-refractivity contribution in [1.29, 1.82) is 0 Å². The second-order valence-electron chi connectivity index (χ2n) is 5.54. The molecule has 0 aliphatic carbocycles. The second kappa shape index (κ2) is 7.13. The number of benzene rings is 1. The van der Waals surface area contributed by atoms with Crippen LogP contribution in [0.1, 0.15) is 19.8 Å². The molecule has 0 bridgehead atoms. The van der Waals surface area contributed by atoms with E-state index in [-0.39, 0.29) is 24.7 Å². The lowest BCUT2D eigenvalue weighted by molar-refractivity contribution is -0.141. The number of amides is 1. The van der Waals surface area contributed by atoms with Crippen molar-refractivity contribution in [2.45, 2.75) is 26.3 Å². The fourth-order valence-electron chi connectivity index (χ4n) is 2.61. The van der Waals surface area contributed by atoms with E-state index in [9.17, 15) is 14.4 Å². The fraction of sp³-hybridized carbons (Fsp3) is 0.438. The number of carboxylic acid groups (broad SMARTS) is 1. The van der Waals surface area contributed by atoms with Crippen LogP contribution < -0.4 is 11.0 Å². The summed E-state index contributed by atoms with van der Waals surface area (Å²) in [4.78, 5) is 35.4. The number of imidazole rings is 1. The number of fused-ring (bicyclic) bond motifs is 1. The first kappa shape index (κ1) is 16.8. The third-order valence-electron chi connectivity index (χ3n) is 3.89. The molecule has 124 valence electrons. The molecule has 0 spiro atoms. The van der Waals surface area contributed by atoms with E-state index in [1.165, 1.54) is 9.13 Å². The zero-order valence-electron chi connectivity index (χ0n) is 13.3. The van der Waals surface area contributed by atoms with Crippen LogP contribution >= 0.6 is 0 Å². The summed E-state index contributed by atoms with van der Waals surface area (Å²) in [6.07, 6.45) is 1.24. The average Bonchev–Trinajstić information content (AvgIpc) is 2.76. The first-order chi connectivity index (χ1) is 11.0.